The molecule has 0 heterocycles. The Bertz CT molecular complexity index is 1030. The van der Waals surface area contributed by atoms with Gasteiger partial charge in [-0.05, 0) is 65.4 Å². The van der Waals surface area contributed by atoms with Crippen LogP contribution in [0.25, 0.3) is 0 Å². The van der Waals surface area contributed by atoms with Gasteiger partial charge in [-0.3, -0.25) is 0 Å². The Labute approximate surface area is 162 Å². The number of rotatable bonds is 6. The van der Waals surface area contributed by atoms with E-state index in [1.807, 2.05) is 31.2 Å². The van der Waals surface area contributed by atoms with Crippen molar-refractivity contribution in [2.75, 3.05) is 6.26 Å². The lowest BCUT2D eigenvalue weighted by atomic mass is 10.0. The summed E-state index contributed by atoms with van der Waals surface area (Å²) in [6.07, 6.45) is 2.98. The molecule has 26 heavy (non-hydrogen) atoms. The van der Waals surface area contributed by atoms with E-state index in [4.69, 9.17) is 0 Å². The van der Waals surface area contributed by atoms with Crippen LogP contribution in [0, 0.1) is 12.8 Å². The normalized spacial score (nSPS) is 16.4. The van der Waals surface area contributed by atoms with Gasteiger partial charge < -0.3 is 0 Å². The van der Waals surface area contributed by atoms with Gasteiger partial charge in [-0.2, -0.15) is 0 Å². The smallest absolute Gasteiger partial charge is 0.224 e. The Balaban J connectivity index is 1.98. The monoisotopic (exact) mass is 457 g/mol. The summed E-state index contributed by atoms with van der Waals surface area (Å²) >= 11 is 3.23. The van der Waals surface area contributed by atoms with Gasteiger partial charge in [-0.1, -0.05) is 29.8 Å². The van der Waals surface area contributed by atoms with E-state index in [1.54, 1.807) is 0 Å². The van der Waals surface area contributed by atoms with E-state index in [2.05, 4.69) is 20.7 Å². The summed E-state index contributed by atoms with van der Waals surface area (Å²) in [4.78, 5) is -0.0995. The van der Waals surface area contributed by atoms with Crippen LogP contribution in [-0.2, 0) is 19.9 Å². The van der Waals surface area contributed by atoms with Gasteiger partial charge in [0.25, 0.3) is 0 Å². The van der Waals surface area contributed by atoms with E-state index < -0.39 is 19.9 Å². The van der Waals surface area contributed by atoms with E-state index in [9.17, 15) is 16.8 Å². The number of nitrogens with one attached hydrogen (secondary N) is 1. The SMILES string of the molecule is Cc1ccc(C(NS(=O)(=O)c2cc(S(C)(=O)=O)ccc2Br)C2CC2)cc1. The Morgan fingerprint density at radius 2 is 1.65 bits per heavy atom. The average Bonchev–Trinajstić information content (AvgIpc) is 3.37. The van der Waals surface area contributed by atoms with Crippen LogP contribution in [0.3, 0.4) is 0 Å². The zero-order chi connectivity index (χ0) is 19.1. The first-order valence-corrected chi connectivity index (χ1v) is 12.3. The fraction of sp³-hybridized carbons (Fsp3) is 0.333. The second-order valence-corrected chi connectivity index (χ2v) is 11.3. The van der Waals surface area contributed by atoms with Crippen molar-refractivity contribution in [2.45, 2.75) is 35.6 Å². The lowest BCUT2D eigenvalue weighted by Crippen LogP contribution is -2.30. The lowest BCUT2D eigenvalue weighted by Gasteiger charge is -2.20. The Morgan fingerprint density at radius 1 is 1.04 bits per heavy atom. The number of sulfonamides is 1. The van der Waals surface area contributed by atoms with Crippen LogP contribution in [0.15, 0.2) is 56.7 Å². The molecule has 1 aliphatic carbocycles. The molecule has 0 aliphatic heterocycles. The van der Waals surface area contributed by atoms with Crippen LogP contribution in [-0.4, -0.2) is 23.1 Å². The topological polar surface area (TPSA) is 80.3 Å². The molecule has 0 spiro atoms. The number of hydrogen-bond donors (Lipinski definition) is 1. The van der Waals surface area contributed by atoms with Crippen molar-refractivity contribution < 1.29 is 16.8 Å². The van der Waals surface area contributed by atoms with E-state index in [1.165, 1.54) is 18.2 Å². The highest BCUT2D eigenvalue weighted by atomic mass is 79.9. The molecule has 0 bridgehead atoms. The molecule has 5 nitrogen and oxygen atoms in total. The van der Waals surface area contributed by atoms with Gasteiger partial charge in [0.1, 0.15) is 0 Å². The molecule has 8 heteroatoms. The van der Waals surface area contributed by atoms with Crippen LogP contribution in [0.5, 0.6) is 0 Å². The fourth-order valence-corrected chi connectivity index (χ4v) is 5.80. The number of hydrogen-bond acceptors (Lipinski definition) is 4. The van der Waals surface area contributed by atoms with Gasteiger partial charge in [0, 0.05) is 16.8 Å². The molecule has 140 valence electrons. The lowest BCUT2D eigenvalue weighted by molar-refractivity contribution is 0.528. The minimum atomic E-state index is -3.90. The molecule has 0 aromatic heterocycles. The Morgan fingerprint density at radius 3 is 2.19 bits per heavy atom. The zero-order valence-electron chi connectivity index (χ0n) is 14.4. The first-order valence-electron chi connectivity index (χ1n) is 8.16. The fourth-order valence-electron chi connectivity index (χ4n) is 2.79. The van der Waals surface area contributed by atoms with Crippen LogP contribution in [0.1, 0.15) is 30.0 Å². The van der Waals surface area contributed by atoms with Gasteiger partial charge in [0.05, 0.1) is 9.79 Å². The number of benzene rings is 2. The first kappa shape index (κ1) is 19.5. The van der Waals surface area contributed by atoms with Crippen molar-refractivity contribution in [2.24, 2.45) is 5.92 Å². The van der Waals surface area contributed by atoms with Gasteiger partial charge in [-0.15, -0.1) is 0 Å². The Hall–Kier alpha value is -1.22. The molecule has 0 amide bonds. The Kier molecular flexibility index (Phi) is 5.31. The summed E-state index contributed by atoms with van der Waals surface area (Å²) in [6.45, 7) is 1.98. The molecule has 1 N–H and O–H groups in total. The van der Waals surface area contributed by atoms with E-state index in [0.29, 0.717) is 4.47 Å². The molecule has 0 saturated heterocycles. The first-order chi connectivity index (χ1) is 12.1. The molecular formula is C18H20BrNO4S2. The highest BCUT2D eigenvalue weighted by molar-refractivity contribution is 9.10. The standard InChI is InChI=1S/C18H20BrNO4S2/c1-12-3-5-13(6-4-12)18(14-7-8-14)20-26(23,24)17-11-15(25(2,21)22)9-10-16(17)19/h3-6,9-11,14,18,20H,7-8H2,1-2H3. The minimum absolute atomic E-state index is 0.0283. The maximum atomic E-state index is 13.0. The largest absolute Gasteiger partial charge is 0.242 e. The quantitative estimate of drug-likeness (QED) is 0.718. The van der Waals surface area contributed by atoms with Crippen molar-refractivity contribution >= 4 is 35.8 Å². The predicted octanol–water partition coefficient (Wildman–Crippen LogP) is 3.59. The summed E-state index contributed by atoms with van der Waals surface area (Å²) in [7, 11) is -7.40. The van der Waals surface area contributed by atoms with Crippen molar-refractivity contribution in [1.82, 2.24) is 4.72 Å². The van der Waals surface area contributed by atoms with Gasteiger partial charge >= 0.3 is 0 Å². The second kappa shape index (κ2) is 7.07. The van der Waals surface area contributed by atoms with Gasteiger partial charge in [0.2, 0.25) is 10.0 Å². The maximum Gasteiger partial charge on any atom is 0.242 e. The second-order valence-electron chi connectivity index (χ2n) is 6.71. The van der Waals surface area contributed by atoms with Gasteiger partial charge in [0.15, 0.2) is 9.84 Å². The molecule has 1 aliphatic rings. The van der Waals surface area contributed by atoms with Crippen LogP contribution >= 0.6 is 15.9 Å². The summed E-state index contributed by atoms with van der Waals surface area (Å²) in [6, 6.07) is 11.5. The van der Waals surface area contributed by atoms with E-state index in [0.717, 1.165) is 30.2 Å². The molecule has 2 aromatic rings. The van der Waals surface area contributed by atoms with E-state index >= 15 is 0 Å². The zero-order valence-corrected chi connectivity index (χ0v) is 17.7. The predicted molar refractivity (Wildman–Crippen MR) is 104 cm³/mol. The van der Waals surface area contributed by atoms with Crippen molar-refractivity contribution in [3.8, 4) is 0 Å². The molecule has 2 aromatic carbocycles. The minimum Gasteiger partial charge on any atom is -0.224 e. The summed E-state index contributed by atoms with van der Waals surface area (Å²) < 4.78 is 52.6. The highest BCUT2D eigenvalue weighted by Gasteiger charge is 2.36. The van der Waals surface area contributed by atoms with E-state index in [-0.39, 0.29) is 21.8 Å². The summed E-state index contributed by atoms with van der Waals surface area (Å²) in [5, 5.41) is 0. The van der Waals surface area contributed by atoms with Crippen molar-refractivity contribution in [3.05, 3.63) is 58.1 Å². The third kappa shape index (κ3) is 4.36. The summed E-state index contributed by atoms with van der Waals surface area (Å²) in [5.41, 5.74) is 2.02. The molecule has 0 radical (unpaired) electrons. The number of sulfone groups is 1. The molecule has 1 atom stereocenters. The number of aryl methyl sites for hydroxylation is 1. The molecule has 1 fully saturated rings. The average molecular weight is 458 g/mol. The van der Waals surface area contributed by atoms with Crippen LogP contribution < -0.4 is 4.72 Å². The molecule has 1 unspecified atom stereocenters. The van der Waals surface area contributed by atoms with Gasteiger partial charge in [-0.25, -0.2) is 21.6 Å². The third-order valence-electron chi connectivity index (χ3n) is 4.43. The highest BCUT2D eigenvalue weighted by Crippen LogP contribution is 2.42. The van der Waals surface area contributed by atoms with Crippen LogP contribution in [0.2, 0.25) is 0 Å². The van der Waals surface area contributed by atoms with Crippen molar-refractivity contribution in [3.63, 3.8) is 0 Å². The molecular weight excluding hydrogens is 438 g/mol. The molecule has 1 saturated carbocycles. The third-order valence-corrected chi connectivity index (χ3v) is 7.98. The van der Waals surface area contributed by atoms with Crippen LogP contribution in [0.4, 0.5) is 0 Å². The maximum absolute atomic E-state index is 13.0. The van der Waals surface area contributed by atoms with Crippen molar-refractivity contribution in [1.29, 1.82) is 0 Å². The summed E-state index contributed by atoms with van der Waals surface area (Å²) in [5.74, 6) is 0.254. The molecule has 3 rings (SSSR count). The number of halogens is 1.